The fourth-order valence-corrected chi connectivity index (χ4v) is 3.30. The van der Waals surface area contributed by atoms with Crippen molar-refractivity contribution >= 4 is 37.2 Å². The summed E-state index contributed by atoms with van der Waals surface area (Å²) in [4.78, 5) is 23.4. The number of rotatable bonds is 11. The normalized spacial score (nSPS) is 22.8. The van der Waals surface area contributed by atoms with Crippen molar-refractivity contribution in [2.24, 2.45) is 5.92 Å². The maximum absolute atomic E-state index is 12.0. The monoisotopic (exact) mass is 389 g/mol. The number of esters is 1. The van der Waals surface area contributed by atoms with Gasteiger partial charge in [0.15, 0.2) is 0 Å². The van der Waals surface area contributed by atoms with Crippen molar-refractivity contribution in [1.82, 2.24) is 0 Å². The zero-order chi connectivity index (χ0) is 18.7. The van der Waals surface area contributed by atoms with Crippen molar-refractivity contribution in [3.8, 4) is 0 Å². The van der Waals surface area contributed by atoms with Crippen LogP contribution in [0.3, 0.4) is 0 Å². The van der Waals surface area contributed by atoms with E-state index in [1.165, 1.54) is 0 Å². The number of carbonyl (C=O) groups is 2. The molecule has 140 valence electrons. The molecule has 1 aliphatic rings. The van der Waals surface area contributed by atoms with E-state index in [9.17, 15) is 14.7 Å². The molecule has 1 fully saturated rings. The molecule has 0 bridgehead atoms. The number of aliphatic hydroxyl groups excluding tert-OH is 1. The second-order valence-corrected chi connectivity index (χ2v) is 7.49. The summed E-state index contributed by atoms with van der Waals surface area (Å²) in [6.07, 6.45) is 1.20. The fourth-order valence-electron chi connectivity index (χ4n) is 2.96. The van der Waals surface area contributed by atoms with Gasteiger partial charge in [0.1, 0.15) is 0 Å². The molecule has 0 spiro atoms. The number of aliphatic hydroxyl groups is 1. The Kier molecular flexibility index (Phi) is 11.8. The second kappa shape index (κ2) is 13.0. The number of hydrogen-bond donors (Lipinski definition) is 1. The first-order chi connectivity index (χ1) is 11.9. The Morgan fingerprint density at radius 2 is 2.12 bits per heavy atom. The molecule has 1 rings (SSSR count). The topological polar surface area (TPSA) is 82.1 Å². The first-order valence-corrected chi connectivity index (χ1v) is 10.7. The van der Waals surface area contributed by atoms with Gasteiger partial charge < -0.3 is 4.74 Å². The molecule has 0 aromatic heterocycles. The third-order valence-electron chi connectivity index (χ3n) is 4.05. The Bertz CT molecular complexity index is 485. The van der Waals surface area contributed by atoms with Crippen LogP contribution < -0.4 is 0 Å². The van der Waals surface area contributed by atoms with E-state index in [2.05, 4.69) is 6.92 Å². The van der Waals surface area contributed by atoms with Crippen LogP contribution in [0.25, 0.3) is 0 Å². The minimum absolute atomic E-state index is 0.0704. The molecule has 4 atom stereocenters. The first-order valence-electron chi connectivity index (χ1n) is 8.71. The quantitative estimate of drug-likeness (QED) is 0.251. The van der Waals surface area contributed by atoms with Gasteiger partial charge in [-0.1, -0.05) is 0 Å². The number of ether oxygens (including phenoxy) is 2. The third kappa shape index (κ3) is 10.5. The van der Waals surface area contributed by atoms with Crippen molar-refractivity contribution in [3.63, 3.8) is 0 Å². The van der Waals surface area contributed by atoms with Crippen molar-refractivity contribution in [2.45, 2.75) is 70.7 Å². The van der Waals surface area contributed by atoms with E-state index in [-0.39, 0.29) is 37.4 Å². The van der Waals surface area contributed by atoms with Gasteiger partial charge in [-0.15, -0.1) is 0 Å². The summed E-state index contributed by atoms with van der Waals surface area (Å²) in [5.74, 6) is 0.0695. The molecule has 0 radical (unpaired) electrons. The summed E-state index contributed by atoms with van der Waals surface area (Å²) < 4.78 is 16.1. The van der Waals surface area contributed by atoms with Crippen LogP contribution in [0.1, 0.15) is 52.4 Å². The maximum atomic E-state index is 12.0. The average molecular weight is 389 g/mol. The van der Waals surface area contributed by atoms with Crippen LogP contribution in [0, 0.1) is 5.92 Å². The third-order valence-corrected chi connectivity index (χ3v) is 4.54. The molecule has 0 aromatic rings. The summed E-state index contributed by atoms with van der Waals surface area (Å²) in [6.45, 7) is 6.99. The standard InChI is InChI=1S/C16H27BO6PS/c1-3-21-16(20)10-13(19)9-15-8-12(18)7-14(23-15)6-11(2)4-5-22-17-24-25/h11,13-15,19H,3-10H2,1-2H3/q+1/t11-,13+,14+,15+/m0/s1. The molecule has 0 aromatic carbocycles. The van der Waals surface area contributed by atoms with Crippen molar-refractivity contribution in [1.29, 1.82) is 0 Å². The Balaban J connectivity index is 2.39. The molecule has 0 saturated carbocycles. The zero-order valence-electron chi connectivity index (χ0n) is 14.9. The SMILES string of the molecule is CCOC(=O)C[C@H](O)C[C@H]1CC(=O)C[C@@H](C[C@@H](C)CCOB=[P+]=S)O1. The Morgan fingerprint density at radius 3 is 2.76 bits per heavy atom. The van der Waals surface area contributed by atoms with Crippen LogP contribution in [-0.2, 0) is 35.5 Å². The number of Topliss-reactive ketones (excluding diaryl/α,β-unsaturated/α-hetero) is 1. The fraction of sp³-hybridized carbons (Fsp3) is 0.875. The van der Waals surface area contributed by atoms with E-state index in [0.29, 0.717) is 32.2 Å². The van der Waals surface area contributed by atoms with Crippen LogP contribution in [0.4, 0.5) is 0 Å². The van der Waals surface area contributed by atoms with Crippen LogP contribution in [0.2, 0.25) is 0 Å². The molecule has 6 nitrogen and oxygen atoms in total. The summed E-state index contributed by atoms with van der Waals surface area (Å²) in [7, 11) is 0. The van der Waals surface area contributed by atoms with Gasteiger partial charge in [0, 0.05) is 0 Å². The molecule has 9 heteroatoms. The van der Waals surface area contributed by atoms with Crippen LogP contribution in [0.5, 0.6) is 0 Å². The summed E-state index contributed by atoms with van der Waals surface area (Å²) in [5, 5.41) is 10.00. The van der Waals surface area contributed by atoms with Gasteiger partial charge in [-0.25, -0.2) is 0 Å². The molecule has 1 saturated heterocycles. The minimum atomic E-state index is -0.852. The van der Waals surface area contributed by atoms with E-state index in [0.717, 1.165) is 12.8 Å². The van der Waals surface area contributed by atoms with E-state index in [1.807, 2.05) is 0 Å². The van der Waals surface area contributed by atoms with Crippen LogP contribution in [-0.4, -0.2) is 55.2 Å². The first kappa shape index (κ1) is 22.8. The van der Waals surface area contributed by atoms with Gasteiger partial charge in [0.25, 0.3) is 0 Å². The molecule has 0 unspecified atom stereocenters. The summed E-state index contributed by atoms with van der Waals surface area (Å²) in [6, 6.07) is 0. The second-order valence-electron chi connectivity index (χ2n) is 6.44. The molecule has 1 heterocycles. The van der Waals surface area contributed by atoms with Gasteiger partial charge in [0.05, 0.1) is 6.61 Å². The molecule has 1 N–H and O–H groups in total. The number of hydrogen-bond acceptors (Lipinski definition) is 7. The molecule has 0 aliphatic carbocycles. The molecular weight excluding hydrogens is 362 g/mol. The van der Waals surface area contributed by atoms with E-state index < -0.39 is 12.1 Å². The van der Waals surface area contributed by atoms with Crippen molar-refractivity contribution < 1.29 is 28.8 Å². The molecular formula is C16H27BO6PS+. The van der Waals surface area contributed by atoms with Gasteiger partial charge >= 0.3 is 133 Å². The van der Waals surface area contributed by atoms with Gasteiger partial charge in [-0.3, -0.25) is 4.79 Å². The average Bonchev–Trinajstić information content (AvgIpc) is 2.50. The van der Waals surface area contributed by atoms with Gasteiger partial charge in [-0.05, 0) is 6.92 Å². The zero-order valence-corrected chi connectivity index (χ0v) is 16.6. The Labute approximate surface area is 156 Å². The Hall–Kier alpha value is -0.265. The summed E-state index contributed by atoms with van der Waals surface area (Å²) in [5.41, 5.74) is 0. The molecule has 25 heavy (non-hydrogen) atoms. The van der Waals surface area contributed by atoms with Gasteiger partial charge in [0.2, 0.25) is 0 Å². The Morgan fingerprint density at radius 1 is 1.44 bits per heavy atom. The van der Waals surface area contributed by atoms with E-state index in [4.69, 9.17) is 25.9 Å². The van der Waals surface area contributed by atoms with E-state index >= 15 is 0 Å². The molecule has 1 aliphatic heterocycles. The van der Waals surface area contributed by atoms with Crippen LogP contribution >= 0.6 is 6.85 Å². The summed E-state index contributed by atoms with van der Waals surface area (Å²) >= 11 is 4.75. The van der Waals surface area contributed by atoms with Crippen LogP contribution in [0.15, 0.2) is 0 Å². The van der Waals surface area contributed by atoms with Crippen molar-refractivity contribution in [2.75, 3.05) is 13.2 Å². The van der Waals surface area contributed by atoms with E-state index in [1.54, 1.807) is 13.7 Å². The van der Waals surface area contributed by atoms with Gasteiger partial charge in [-0.2, -0.15) is 0 Å². The number of carbonyl (C=O) groups excluding carboxylic acids is 2. The predicted molar refractivity (Wildman–Crippen MR) is 99.2 cm³/mol. The molecule has 0 amide bonds. The number of ketones is 1. The van der Waals surface area contributed by atoms with Crippen molar-refractivity contribution in [3.05, 3.63) is 0 Å². The predicted octanol–water partition coefficient (Wildman–Crippen LogP) is 2.18.